The van der Waals surface area contributed by atoms with Crippen LogP contribution < -0.4 is 10.5 Å². The predicted octanol–water partition coefficient (Wildman–Crippen LogP) is 2.77. The summed E-state index contributed by atoms with van der Waals surface area (Å²) in [5.74, 6) is -0.113. The maximum absolute atomic E-state index is 13.3. The van der Waals surface area contributed by atoms with Gasteiger partial charge in [0, 0.05) is 43.3 Å². The van der Waals surface area contributed by atoms with Crippen molar-refractivity contribution in [3.05, 3.63) is 70.6 Å². The monoisotopic (exact) mass is 376 g/mol. The number of amides is 1. The molecule has 1 saturated heterocycles. The Morgan fingerprint density at radius 3 is 2.39 bits per heavy atom. The first-order chi connectivity index (χ1) is 13.6. The third-order valence-corrected chi connectivity index (χ3v) is 5.37. The number of aryl methyl sites for hydroxylation is 1. The van der Waals surface area contributed by atoms with Crippen LogP contribution in [0.3, 0.4) is 0 Å². The van der Waals surface area contributed by atoms with E-state index >= 15 is 0 Å². The molecule has 1 aliphatic rings. The molecule has 28 heavy (non-hydrogen) atoms. The fourth-order valence-corrected chi connectivity index (χ4v) is 3.90. The lowest BCUT2D eigenvalue weighted by atomic mass is 10.1. The highest BCUT2D eigenvalue weighted by atomic mass is 16.2. The molecule has 1 amide bonds. The smallest absolute Gasteiger partial charge is 0.275 e. The predicted molar refractivity (Wildman–Crippen MR) is 111 cm³/mol. The Hall–Kier alpha value is -3.15. The van der Waals surface area contributed by atoms with Crippen molar-refractivity contribution in [2.75, 3.05) is 24.5 Å². The largest absolute Gasteiger partial charge is 0.365 e. The lowest BCUT2D eigenvalue weighted by molar-refractivity contribution is 0.0720. The summed E-state index contributed by atoms with van der Waals surface area (Å²) in [5, 5.41) is 5.56. The maximum atomic E-state index is 13.3. The minimum atomic E-state index is -0.156. The Bertz CT molecular complexity index is 1060. The Labute approximate surface area is 164 Å². The minimum Gasteiger partial charge on any atom is -0.365 e. The normalized spacial score (nSPS) is 17.1. The summed E-state index contributed by atoms with van der Waals surface area (Å²) in [6.45, 7) is 6.43. The fraction of sp³-hybridized carbons (Fsp3) is 0.318. The number of anilines is 1. The Morgan fingerprint density at radius 2 is 1.71 bits per heavy atom. The maximum Gasteiger partial charge on any atom is 0.275 e. The topological polar surface area (TPSA) is 58.4 Å². The second-order valence-corrected chi connectivity index (χ2v) is 7.14. The summed E-state index contributed by atoms with van der Waals surface area (Å²) in [6.07, 6.45) is 0. The van der Waals surface area contributed by atoms with Crippen LogP contribution in [0.1, 0.15) is 24.3 Å². The van der Waals surface area contributed by atoms with Crippen LogP contribution in [0.5, 0.6) is 0 Å². The van der Waals surface area contributed by atoms with Gasteiger partial charge in [-0.05, 0) is 32.0 Å². The summed E-state index contributed by atoms with van der Waals surface area (Å²) in [7, 11) is 0. The van der Waals surface area contributed by atoms with Gasteiger partial charge in [0.2, 0.25) is 0 Å². The van der Waals surface area contributed by atoms with Gasteiger partial charge < -0.3 is 9.80 Å². The van der Waals surface area contributed by atoms with E-state index in [0.717, 1.165) is 6.54 Å². The van der Waals surface area contributed by atoms with Gasteiger partial charge in [-0.25, -0.2) is 4.68 Å². The van der Waals surface area contributed by atoms with Crippen LogP contribution in [-0.2, 0) is 6.54 Å². The molecule has 1 fully saturated rings. The van der Waals surface area contributed by atoms with Gasteiger partial charge in [-0.1, -0.05) is 36.4 Å². The molecule has 0 N–H and O–H groups in total. The molecule has 0 aliphatic carbocycles. The molecule has 0 bridgehead atoms. The number of aromatic nitrogens is 2. The van der Waals surface area contributed by atoms with E-state index in [1.54, 1.807) is 12.1 Å². The highest BCUT2D eigenvalue weighted by Gasteiger charge is 2.29. The van der Waals surface area contributed by atoms with Crippen molar-refractivity contribution >= 4 is 22.4 Å². The molecule has 0 unspecified atom stereocenters. The zero-order valence-electron chi connectivity index (χ0n) is 16.2. The van der Waals surface area contributed by atoms with E-state index in [-0.39, 0.29) is 17.5 Å². The summed E-state index contributed by atoms with van der Waals surface area (Å²) in [5.41, 5.74) is 1.37. The average Bonchev–Trinajstić information content (AvgIpc) is 2.74. The van der Waals surface area contributed by atoms with Crippen LogP contribution in [0.15, 0.2) is 59.4 Å². The molecule has 1 aliphatic heterocycles. The SMILES string of the molecule is CCn1nc(C(=O)N2CCN(c3ccccc3)[C@@H](C)C2)c2ccccc2c1=O. The van der Waals surface area contributed by atoms with Crippen molar-refractivity contribution in [1.82, 2.24) is 14.7 Å². The molecule has 6 heteroatoms. The molecule has 2 heterocycles. The molecule has 1 atom stereocenters. The number of fused-ring (bicyclic) bond motifs is 1. The van der Waals surface area contributed by atoms with Crippen molar-refractivity contribution in [1.29, 1.82) is 0 Å². The molecule has 6 nitrogen and oxygen atoms in total. The standard InChI is InChI=1S/C22H24N4O2/c1-3-26-21(27)19-12-8-7-11-18(19)20(23-26)22(28)24-13-14-25(16(2)15-24)17-9-5-4-6-10-17/h4-12,16H,3,13-15H2,1-2H3/t16-/m0/s1. The number of hydrogen-bond donors (Lipinski definition) is 0. The van der Waals surface area contributed by atoms with Gasteiger partial charge in [0.1, 0.15) is 0 Å². The molecule has 144 valence electrons. The molecule has 1 aromatic heterocycles. The number of nitrogens with zero attached hydrogens (tertiary/aromatic N) is 4. The lowest BCUT2D eigenvalue weighted by Gasteiger charge is -2.41. The number of piperazine rings is 1. The first kappa shape index (κ1) is 18.2. The van der Waals surface area contributed by atoms with Gasteiger partial charge >= 0.3 is 0 Å². The third-order valence-electron chi connectivity index (χ3n) is 5.37. The van der Waals surface area contributed by atoms with Crippen molar-refractivity contribution in [2.45, 2.75) is 26.4 Å². The van der Waals surface area contributed by atoms with Crippen molar-refractivity contribution in [3.8, 4) is 0 Å². The highest BCUT2D eigenvalue weighted by Crippen LogP contribution is 2.22. The van der Waals surface area contributed by atoms with Crippen LogP contribution in [0.2, 0.25) is 0 Å². The number of carbonyl (C=O) groups is 1. The molecule has 0 radical (unpaired) electrons. The first-order valence-electron chi connectivity index (χ1n) is 9.71. The number of hydrogen-bond acceptors (Lipinski definition) is 4. The van der Waals surface area contributed by atoms with Crippen LogP contribution in [-0.4, -0.2) is 46.3 Å². The summed E-state index contributed by atoms with van der Waals surface area (Å²) >= 11 is 0. The fourth-order valence-electron chi connectivity index (χ4n) is 3.90. The van der Waals surface area contributed by atoms with Crippen LogP contribution in [0.4, 0.5) is 5.69 Å². The quantitative estimate of drug-likeness (QED) is 0.705. The van der Waals surface area contributed by atoms with Gasteiger partial charge in [0.25, 0.3) is 11.5 Å². The van der Waals surface area contributed by atoms with E-state index < -0.39 is 0 Å². The molecular formula is C22H24N4O2. The van der Waals surface area contributed by atoms with Crippen LogP contribution in [0, 0.1) is 0 Å². The van der Waals surface area contributed by atoms with Gasteiger partial charge in [-0.3, -0.25) is 9.59 Å². The zero-order chi connectivity index (χ0) is 19.7. The van der Waals surface area contributed by atoms with Crippen molar-refractivity contribution in [2.24, 2.45) is 0 Å². The lowest BCUT2D eigenvalue weighted by Crippen LogP contribution is -2.54. The zero-order valence-corrected chi connectivity index (χ0v) is 16.2. The Morgan fingerprint density at radius 1 is 1.04 bits per heavy atom. The number of rotatable bonds is 3. The molecular weight excluding hydrogens is 352 g/mol. The molecule has 0 saturated carbocycles. The number of carbonyl (C=O) groups excluding carboxylic acids is 1. The van der Waals surface area contributed by atoms with Gasteiger partial charge in [-0.2, -0.15) is 5.10 Å². The van der Waals surface area contributed by atoms with Crippen molar-refractivity contribution < 1.29 is 4.79 Å². The molecule has 2 aromatic carbocycles. The van der Waals surface area contributed by atoms with Gasteiger partial charge in [0.05, 0.1) is 5.39 Å². The van der Waals surface area contributed by atoms with Crippen LogP contribution in [0.25, 0.3) is 10.8 Å². The van der Waals surface area contributed by atoms with Gasteiger partial charge in [0.15, 0.2) is 5.69 Å². The first-order valence-corrected chi connectivity index (χ1v) is 9.71. The second-order valence-electron chi connectivity index (χ2n) is 7.14. The third kappa shape index (κ3) is 3.15. The van der Waals surface area contributed by atoms with E-state index in [0.29, 0.717) is 36.1 Å². The van der Waals surface area contributed by atoms with Gasteiger partial charge in [-0.15, -0.1) is 0 Å². The minimum absolute atomic E-state index is 0.113. The number of para-hydroxylation sites is 1. The summed E-state index contributed by atoms with van der Waals surface area (Å²) in [4.78, 5) is 30.0. The molecule has 3 aromatic rings. The van der Waals surface area contributed by atoms with Crippen LogP contribution >= 0.6 is 0 Å². The number of benzene rings is 2. The second kappa shape index (κ2) is 7.46. The Kier molecular flexibility index (Phi) is 4.86. The van der Waals surface area contributed by atoms with Crippen molar-refractivity contribution in [3.63, 3.8) is 0 Å². The van der Waals surface area contributed by atoms with E-state index in [2.05, 4.69) is 29.1 Å². The van der Waals surface area contributed by atoms with E-state index in [1.807, 2.05) is 42.2 Å². The summed E-state index contributed by atoms with van der Waals surface area (Å²) < 4.78 is 1.37. The highest BCUT2D eigenvalue weighted by molar-refractivity contribution is 6.04. The Balaban J connectivity index is 1.64. The van der Waals surface area contributed by atoms with E-state index in [1.165, 1.54) is 10.4 Å². The van der Waals surface area contributed by atoms with E-state index in [9.17, 15) is 9.59 Å². The summed E-state index contributed by atoms with van der Waals surface area (Å²) in [6, 6.07) is 17.7. The molecule has 4 rings (SSSR count). The average molecular weight is 376 g/mol. The van der Waals surface area contributed by atoms with E-state index in [4.69, 9.17) is 0 Å². The molecule has 0 spiro atoms.